The zero-order valence-electron chi connectivity index (χ0n) is 21.8. The van der Waals surface area contributed by atoms with E-state index in [1.54, 1.807) is 64.3 Å². The molecule has 38 heavy (non-hydrogen) atoms. The molecule has 0 saturated carbocycles. The van der Waals surface area contributed by atoms with Gasteiger partial charge in [-0.25, -0.2) is 0 Å². The van der Waals surface area contributed by atoms with E-state index in [4.69, 9.17) is 18.9 Å². The minimum atomic E-state index is -0.964. The number of amides is 3. The zero-order chi connectivity index (χ0) is 26.7. The summed E-state index contributed by atoms with van der Waals surface area (Å²) >= 11 is 0. The van der Waals surface area contributed by atoms with Gasteiger partial charge in [-0.15, -0.1) is 0 Å². The van der Waals surface area contributed by atoms with E-state index in [1.807, 2.05) is 6.07 Å². The normalized spacial score (nSPS) is 20.9. The molecule has 3 saturated heterocycles. The number of methoxy groups -OCH3 is 2. The summed E-state index contributed by atoms with van der Waals surface area (Å²) < 4.78 is 22.4. The lowest BCUT2D eigenvalue weighted by molar-refractivity contribution is -0.141. The van der Waals surface area contributed by atoms with Crippen molar-refractivity contribution in [1.29, 1.82) is 0 Å². The fourth-order valence-corrected chi connectivity index (χ4v) is 5.48. The van der Waals surface area contributed by atoms with Crippen molar-refractivity contribution in [3.8, 4) is 11.5 Å². The molecule has 3 heterocycles. The molecule has 1 spiro atoms. The van der Waals surface area contributed by atoms with E-state index >= 15 is 0 Å². The SMILES string of the molecule is COc1ccc(C(=O)N2CCC3(CC2)OC[C@@H](C(=O)N2CCOCC2)N3C(=O)c2ccccc2)cc1OC. The van der Waals surface area contributed by atoms with Crippen LogP contribution in [0.5, 0.6) is 11.5 Å². The van der Waals surface area contributed by atoms with Gasteiger partial charge >= 0.3 is 0 Å². The molecule has 202 valence electrons. The van der Waals surface area contributed by atoms with Crippen LogP contribution >= 0.6 is 0 Å². The van der Waals surface area contributed by atoms with Crippen molar-refractivity contribution in [3.63, 3.8) is 0 Å². The quantitative estimate of drug-likeness (QED) is 0.592. The number of benzene rings is 2. The lowest BCUT2D eigenvalue weighted by Gasteiger charge is -2.45. The number of likely N-dealkylation sites (tertiary alicyclic amines) is 1. The maximum atomic E-state index is 13.8. The smallest absolute Gasteiger partial charge is 0.256 e. The van der Waals surface area contributed by atoms with E-state index in [0.717, 1.165) is 0 Å². The average molecular weight is 524 g/mol. The van der Waals surface area contributed by atoms with Gasteiger partial charge in [0.25, 0.3) is 11.8 Å². The fraction of sp³-hybridized carbons (Fsp3) is 0.464. The topological polar surface area (TPSA) is 97.9 Å². The highest BCUT2D eigenvalue weighted by Crippen LogP contribution is 2.39. The number of hydrogen-bond donors (Lipinski definition) is 0. The van der Waals surface area contributed by atoms with Crippen LogP contribution in [0, 0.1) is 0 Å². The Morgan fingerprint density at radius 2 is 1.50 bits per heavy atom. The average Bonchev–Trinajstić information content (AvgIpc) is 3.35. The highest BCUT2D eigenvalue weighted by atomic mass is 16.5. The Labute approximate surface area is 222 Å². The van der Waals surface area contributed by atoms with Crippen LogP contribution in [0.3, 0.4) is 0 Å². The van der Waals surface area contributed by atoms with Gasteiger partial charge < -0.3 is 28.7 Å². The Balaban J connectivity index is 1.37. The van der Waals surface area contributed by atoms with Crippen LogP contribution in [0.4, 0.5) is 0 Å². The van der Waals surface area contributed by atoms with Crippen LogP contribution in [0.25, 0.3) is 0 Å². The standard InChI is InChI=1S/C28H33N3O7/c1-35-23-9-8-21(18-24(23)36-2)25(32)29-12-10-28(11-13-29)31(26(33)20-6-4-3-5-7-20)22(19-38-28)27(34)30-14-16-37-17-15-30/h3-9,18,22H,10-17,19H2,1-2H3/t22-/m0/s1. The van der Waals surface area contributed by atoms with Crippen molar-refractivity contribution in [2.45, 2.75) is 24.6 Å². The third-order valence-corrected chi connectivity index (χ3v) is 7.57. The molecule has 0 aromatic heterocycles. The molecular weight excluding hydrogens is 490 g/mol. The fourth-order valence-electron chi connectivity index (χ4n) is 5.48. The van der Waals surface area contributed by atoms with Gasteiger partial charge in [0.15, 0.2) is 11.5 Å². The van der Waals surface area contributed by atoms with Crippen LogP contribution < -0.4 is 9.47 Å². The van der Waals surface area contributed by atoms with Crippen LogP contribution in [-0.4, -0.2) is 104 Å². The number of piperidine rings is 1. The Morgan fingerprint density at radius 3 is 2.16 bits per heavy atom. The minimum Gasteiger partial charge on any atom is -0.493 e. The number of hydrogen-bond acceptors (Lipinski definition) is 7. The van der Waals surface area contributed by atoms with Crippen molar-refractivity contribution in [3.05, 3.63) is 59.7 Å². The highest BCUT2D eigenvalue weighted by Gasteiger charge is 2.55. The number of rotatable bonds is 5. The monoisotopic (exact) mass is 523 g/mol. The molecule has 3 aliphatic heterocycles. The minimum absolute atomic E-state index is 0.123. The maximum absolute atomic E-state index is 13.8. The van der Waals surface area contributed by atoms with Crippen LogP contribution in [0.1, 0.15) is 33.6 Å². The number of carbonyl (C=O) groups excluding carboxylic acids is 3. The first kappa shape index (κ1) is 26.0. The molecule has 0 aliphatic carbocycles. The molecule has 0 bridgehead atoms. The molecule has 0 N–H and O–H groups in total. The molecule has 10 nitrogen and oxygen atoms in total. The second kappa shape index (κ2) is 11.0. The van der Waals surface area contributed by atoms with Crippen LogP contribution in [0.15, 0.2) is 48.5 Å². The summed E-state index contributed by atoms with van der Waals surface area (Å²) in [4.78, 5) is 45.8. The van der Waals surface area contributed by atoms with Gasteiger partial charge in [0, 0.05) is 50.1 Å². The summed E-state index contributed by atoms with van der Waals surface area (Å²) in [5.74, 6) is 0.524. The molecule has 3 amide bonds. The zero-order valence-corrected chi connectivity index (χ0v) is 21.8. The predicted octanol–water partition coefficient (Wildman–Crippen LogP) is 2.04. The van der Waals surface area contributed by atoms with Crippen molar-refractivity contribution in [1.82, 2.24) is 14.7 Å². The lowest BCUT2D eigenvalue weighted by atomic mass is 9.96. The Bertz CT molecular complexity index is 1170. The lowest BCUT2D eigenvalue weighted by Crippen LogP contribution is -2.60. The summed E-state index contributed by atoms with van der Waals surface area (Å²) in [6.07, 6.45) is 0.801. The molecule has 0 radical (unpaired) electrons. The summed E-state index contributed by atoms with van der Waals surface area (Å²) in [6.45, 7) is 2.81. The van der Waals surface area contributed by atoms with Gasteiger partial charge in [-0.3, -0.25) is 19.3 Å². The largest absolute Gasteiger partial charge is 0.493 e. The number of carbonyl (C=O) groups is 3. The number of morpholine rings is 1. The van der Waals surface area contributed by atoms with E-state index < -0.39 is 11.8 Å². The molecular formula is C28H33N3O7. The Hall–Kier alpha value is -3.63. The molecule has 3 aliphatic rings. The first-order valence-corrected chi connectivity index (χ1v) is 12.9. The molecule has 5 rings (SSSR count). The first-order valence-electron chi connectivity index (χ1n) is 12.9. The molecule has 3 fully saturated rings. The molecule has 10 heteroatoms. The molecule has 0 unspecified atom stereocenters. The van der Waals surface area contributed by atoms with Crippen LogP contribution in [0.2, 0.25) is 0 Å². The second-order valence-electron chi connectivity index (χ2n) is 9.61. The van der Waals surface area contributed by atoms with Crippen molar-refractivity contribution < 1.29 is 33.3 Å². The van der Waals surface area contributed by atoms with Crippen molar-refractivity contribution >= 4 is 17.7 Å². The van der Waals surface area contributed by atoms with E-state index in [1.165, 1.54) is 7.11 Å². The summed E-state index contributed by atoms with van der Waals surface area (Å²) in [5, 5.41) is 0. The Morgan fingerprint density at radius 1 is 0.816 bits per heavy atom. The van der Waals surface area contributed by atoms with E-state index in [-0.39, 0.29) is 24.3 Å². The van der Waals surface area contributed by atoms with Gasteiger partial charge in [0.2, 0.25) is 5.91 Å². The van der Waals surface area contributed by atoms with Gasteiger partial charge in [0.1, 0.15) is 11.8 Å². The van der Waals surface area contributed by atoms with Gasteiger partial charge in [-0.05, 0) is 30.3 Å². The third kappa shape index (κ3) is 4.81. The van der Waals surface area contributed by atoms with Crippen LogP contribution in [-0.2, 0) is 14.3 Å². The summed E-state index contributed by atoms with van der Waals surface area (Å²) in [7, 11) is 3.08. The number of ether oxygens (including phenoxy) is 4. The predicted molar refractivity (Wildman–Crippen MR) is 137 cm³/mol. The van der Waals surface area contributed by atoms with Crippen molar-refractivity contribution in [2.75, 3.05) is 60.2 Å². The molecule has 2 aromatic rings. The summed E-state index contributed by atoms with van der Waals surface area (Å²) in [5.41, 5.74) is 0.0259. The van der Waals surface area contributed by atoms with E-state index in [9.17, 15) is 14.4 Å². The molecule has 2 aromatic carbocycles. The van der Waals surface area contributed by atoms with E-state index in [2.05, 4.69) is 0 Å². The highest BCUT2D eigenvalue weighted by molar-refractivity contribution is 5.98. The first-order chi connectivity index (χ1) is 18.5. The summed E-state index contributed by atoms with van der Waals surface area (Å²) in [6, 6.07) is 13.3. The van der Waals surface area contributed by atoms with Crippen molar-refractivity contribution in [2.24, 2.45) is 0 Å². The van der Waals surface area contributed by atoms with Gasteiger partial charge in [-0.1, -0.05) is 18.2 Å². The van der Waals surface area contributed by atoms with E-state index in [0.29, 0.717) is 74.9 Å². The number of nitrogens with zero attached hydrogens (tertiary/aromatic N) is 3. The van der Waals surface area contributed by atoms with Gasteiger partial charge in [-0.2, -0.15) is 0 Å². The van der Waals surface area contributed by atoms with Gasteiger partial charge in [0.05, 0.1) is 34.0 Å². The molecule has 1 atom stereocenters. The third-order valence-electron chi connectivity index (χ3n) is 7.57. The Kier molecular flexibility index (Phi) is 7.53. The maximum Gasteiger partial charge on any atom is 0.256 e. The second-order valence-corrected chi connectivity index (χ2v) is 9.61.